The first-order chi connectivity index (χ1) is 7.33. The van der Waals surface area contributed by atoms with E-state index in [1.807, 2.05) is 12.1 Å². The molecule has 2 saturated heterocycles. The second-order valence-corrected chi connectivity index (χ2v) is 4.53. The summed E-state index contributed by atoms with van der Waals surface area (Å²) in [5, 5.41) is 0. The molecule has 0 radical (unpaired) electrons. The van der Waals surface area contributed by atoms with Gasteiger partial charge in [-0.3, -0.25) is 4.90 Å². The maximum Gasteiger partial charge on any atom is 0.0429 e. The topological polar surface area (TPSA) is 32.5 Å². The summed E-state index contributed by atoms with van der Waals surface area (Å²) in [5.41, 5.74) is 7.88. The highest BCUT2D eigenvalue weighted by atomic mass is 15.3. The van der Waals surface area contributed by atoms with E-state index in [1.54, 1.807) is 0 Å². The number of nitrogens with two attached hydrogens (primary N) is 1. The molecule has 2 aliphatic rings. The summed E-state index contributed by atoms with van der Waals surface area (Å²) in [6.45, 7) is 4.88. The van der Waals surface area contributed by atoms with Crippen LogP contribution in [-0.2, 0) is 0 Å². The minimum Gasteiger partial charge on any atom is -0.399 e. The second kappa shape index (κ2) is 3.42. The average molecular weight is 203 g/mol. The summed E-state index contributed by atoms with van der Waals surface area (Å²) in [6, 6.07) is 9.00. The van der Waals surface area contributed by atoms with Crippen molar-refractivity contribution < 1.29 is 0 Å². The Hall–Kier alpha value is -1.22. The predicted molar refractivity (Wildman–Crippen MR) is 63.0 cm³/mol. The van der Waals surface area contributed by atoms with Crippen molar-refractivity contribution in [1.82, 2.24) is 4.90 Å². The Balaban J connectivity index is 1.84. The van der Waals surface area contributed by atoms with Gasteiger partial charge in [0, 0.05) is 43.6 Å². The molecule has 0 amide bonds. The zero-order valence-electron chi connectivity index (χ0n) is 8.89. The Bertz CT molecular complexity index is 346. The fourth-order valence-corrected chi connectivity index (χ4v) is 2.71. The van der Waals surface area contributed by atoms with Gasteiger partial charge in [-0.25, -0.2) is 0 Å². The fraction of sp³-hybridized carbons (Fsp3) is 0.500. The molecule has 1 aromatic carbocycles. The van der Waals surface area contributed by atoms with Gasteiger partial charge in [-0.1, -0.05) is 0 Å². The normalized spacial score (nSPS) is 29.5. The summed E-state index contributed by atoms with van der Waals surface area (Å²) < 4.78 is 0. The molecule has 3 nitrogen and oxygen atoms in total. The molecule has 15 heavy (non-hydrogen) atoms. The summed E-state index contributed by atoms with van der Waals surface area (Å²) in [4.78, 5) is 5.08. The van der Waals surface area contributed by atoms with Gasteiger partial charge in [0.15, 0.2) is 0 Å². The van der Waals surface area contributed by atoms with Crippen molar-refractivity contribution in [2.75, 3.05) is 36.8 Å². The van der Waals surface area contributed by atoms with E-state index in [0.29, 0.717) is 0 Å². The molecule has 0 aliphatic carbocycles. The van der Waals surface area contributed by atoms with Gasteiger partial charge >= 0.3 is 0 Å². The average Bonchev–Trinajstić information content (AvgIpc) is 2.63. The number of anilines is 2. The molecule has 0 spiro atoms. The van der Waals surface area contributed by atoms with Crippen LogP contribution in [0.5, 0.6) is 0 Å². The van der Waals surface area contributed by atoms with E-state index in [0.717, 1.165) is 18.3 Å². The molecular formula is C12H17N3. The van der Waals surface area contributed by atoms with E-state index in [-0.39, 0.29) is 0 Å². The van der Waals surface area contributed by atoms with Crippen molar-refractivity contribution in [2.24, 2.45) is 0 Å². The molecule has 2 fully saturated rings. The zero-order chi connectivity index (χ0) is 10.3. The molecule has 2 N–H and O–H groups in total. The maximum absolute atomic E-state index is 5.70. The van der Waals surface area contributed by atoms with Gasteiger partial charge in [0.1, 0.15) is 0 Å². The molecule has 3 rings (SSSR count). The van der Waals surface area contributed by atoms with Crippen molar-refractivity contribution in [3.8, 4) is 0 Å². The third-order valence-electron chi connectivity index (χ3n) is 3.57. The molecule has 1 aromatic rings. The van der Waals surface area contributed by atoms with Crippen LogP contribution in [0.2, 0.25) is 0 Å². The number of benzene rings is 1. The summed E-state index contributed by atoms with van der Waals surface area (Å²) >= 11 is 0. The molecule has 2 heterocycles. The van der Waals surface area contributed by atoms with Gasteiger partial charge < -0.3 is 10.6 Å². The first-order valence-electron chi connectivity index (χ1n) is 5.67. The number of nitrogens with zero attached hydrogens (tertiary/aromatic N) is 2. The smallest absolute Gasteiger partial charge is 0.0429 e. The van der Waals surface area contributed by atoms with Crippen LogP contribution in [0.1, 0.15) is 6.42 Å². The van der Waals surface area contributed by atoms with Crippen LogP contribution < -0.4 is 10.6 Å². The van der Waals surface area contributed by atoms with Crippen LogP contribution in [-0.4, -0.2) is 37.1 Å². The second-order valence-electron chi connectivity index (χ2n) is 4.53. The van der Waals surface area contributed by atoms with Gasteiger partial charge in [-0.05, 0) is 30.7 Å². The Labute approximate surface area is 90.5 Å². The van der Waals surface area contributed by atoms with Crippen molar-refractivity contribution in [3.63, 3.8) is 0 Å². The zero-order valence-corrected chi connectivity index (χ0v) is 8.89. The fourth-order valence-electron chi connectivity index (χ4n) is 2.71. The standard InChI is InChI=1S/C12H17N3/c13-10-1-3-11(4-2-10)15-8-7-14-6-5-12(15)9-14/h1-4,12H,5-9,13H2/t12-/m1/s1. The molecule has 2 bridgehead atoms. The van der Waals surface area contributed by atoms with Gasteiger partial charge in [0.05, 0.1) is 0 Å². The van der Waals surface area contributed by atoms with Gasteiger partial charge in [-0.2, -0.15) is 0 Å². The van der Waals surface area contributed by atoms with Crippen molar-refractivity contribution >= 4 is 11.4 Å². The van der Waals surface area contributed by atoms with Crippen LogP contribution in [0.25, 0.3) is 0 Å². The van der Waals surface area contributed by atoms with Crippen molar-refractivity contribution in [1.29, 1.82) is 0 Å². The monoisotopic (exact) mass is 203 g/mol. The summed E-state index contributed by atoms with van der Waals surface area (Å²) in [7, 11) is 0. The number of piperazine rings is 1. The number of hydrogen-bond acceptors (Lipinski definition) is 3. The molecule has 3 heteroatoms. The highest BCUT2D eigenvalue weighted by molar-refractivity contribution is 5.54. The third-order valence-corrected chi connectivity index (χ3v) is 3.57. The Morgan fingerprint density at radius 1 is 1.07 bits per heavy atom. The summed E-state index contributed by atoms with van der Waals surface area (Å²) in [6.07, 6.45) is 1.31. The highest BCUT2D eigenvalue weighted by Gasteiger charge is 2.32. The third kappa shape index (κ3) is 1.57. The van der Waals surface area contributed by atoms with Crippen LogP contribution in [0, 0.1) is 0 Å². The molecular weight excluding hydrogens is 186 g/mol. The summed E-state index contributed by atoms with van der Waals surface area (Å²) in [5.74, 6) is 0. The molecule has 1 unspecified atom stereocenters. The predicted octanol–water partition coefficient (Wildman–Crippen LogP) is 1.16. The van der Waals surface area contributed by atoms with Gasteiger partial charge in [-0.15, -0.1) is 0 Å². The molecule has 80 valence electrons. The molecule has 2 aliphatic heterocycles. The first-order valence-corrected chi connectivity index (χ1v) is 5.67. The van der Waals surface area contributed by atoms with E-state index in [9.17, 15) is 0 Å². The largest absolute Gasteiger partial charge is 0.399 e. The lowest BCUT2D eigenvalue weighted by Gasteiger charge is -2.36. The van der Waals surface area contributed by atoms with Crippen molar-refractivity contribution in [3.05, 3.63) is 24.3 Å². The van der Waals surface area contributed by atoms with E-state index in [4.69, 9.17) is 5.73 Å². The quantitative estimate of drug-likeness (QED) is 0.695. The minimum atomic E-state index is 0.724. The van der Waals surface area contributed by atoms with Gasteiger partial charge in [0.25, 0.3) is 0 Å². The minimum absolute atomic E-state index is 0.724. The van der Waals surface area contributed by atoms with E-state index < -0.39 is 0 Å². The number of fused-ring (bicyclic) bond motifs is 2. The van der Waals surface area contributed by atoms with Crippen LogP contribution in [0.3, 0.4) is 0 Å². The first kappa shape index (κ1) is 9.04. The van der Waals surface area contributed by atoms with E-state index in [2.05, 4.69) is 21.9 Å². The number of rotatable bonds is 1. The lowest BCUT2D eigenvalue weighted by molar-refractivity contribution is 0.311. The molecule has 0 saturated carbocycles. The Morgan fingerprint density at radius 3 is 2.67 bits per heavy atom. The SMILES string of the molecule is Nc1ccc(N2CCN3CC[C@@H]2C3)cc1. The van der Waals surface area contributed by atoms with E-state index in [1.165, 1.54) is 31.7 Å². The van der Waals surface area contributed by atoms with Crippen LogP contribution in [0.4, 0.5) is 11.4 Å². The molecule has 2 atom stereocenters. The van der Waals surface area contributed by atoms with Gasteiger partial charge in [0.2, 0.25) is 0 Å². The lowest BCUT2D eigenvalue weighted by Crippen LogP contribution is -2.46. The number of nitrogen functional groups attached to an aromatic ring is 1. The Morgan fingerprint density at radius 2 is 1.87 bits per heavy atom. The lowest BCUT2D eigenvalue weighted by atomic mass is 10.1. The van der Waals surface area contributed by atoms with Crippen LogP contribution in [0.15, 0.2) is 24.3 Å². The molecule has 0 aromatic heterocycles. The highest BCUT2D eigenvalue weighted by Crippen LogP contribution is 2.27. The van der Waals surface area contributed by atoms with E-state index >= 15 is 0 Å². The Kier molecular flexibility index (Phi) is 2.06. The van der Waals surface area contributed by atoms with Crippen molar-refractivity contribution in [2.45, 2.75) is 12.5 Å². The van der Waals surface area contributed by atoms with Crippen LogP contribution >= 0.6 is 0 Å². The maximum atomic E-state index is 5.70. The number of hydrogen-bond donors (Lipinski definition) is 1.